The van der Waals surface area contributed by atoms with Crippen molar-refractivity contribution in [3.63, 3.8) is 0 Å². The molecular weight excluding hydrogens is 592 g/mol. The molecule has 3 aliphatic rings. The molecule has 4 heterocycles. The van der Waals surface area contributed by atoms with Crippen LogP contribution in [0.1, 0.15) is 48.5 Å². The zero-order valence-corrected chi connectivity index (χ0v) is 27.1. The third-order valence-corrected chi connectivity index (χ3v) is 10.3. The van der Waals surface area contributed by atoms with Gasteiger partial charge in [0, 0.05) is 49.4 Å². The fraction of sp³-hybridized carbons (Fsp3) is 0.300. The van der Waals surface area contributed by atoms with E-state index in [-0.39, 0.29) is 0 Å². The molecule has 48 heavy (non-hydrogen) atoms. The fourth-order valence-corrected chi connectivity index (χ4v) is 8.12. The molecule has 240 valence electrons. The number of aromatic amines is 2. The van der Waals surface area contributed by atoms with Crippen LogP contribution < -0.4 is 0 Å². The van der Waals surface area contributed by atoms with Crippen molar-refractivity contribution >= 4 is 44.9 Å². The van der Waals surface area contributed by atoms with Gasteiger partial charge in [0.25, 0.3) is 0 Å². The SMILES string of the molecule is c1ccc2c(c1)CC(CN(Cc1nc3ccccc3[nH]1)[C@H]1CCCC[C@@H]1N(CC1=Nc3ccccc3C1)Cc1nc3ccccc3[nH]1)=N2. The van der Waals surface area contributed by atoms with Crippen LogP contribution in [0.25, 0.3) is 22.1 Å². The van der Waals surface area contributed by atoms with E-state index in [1.54, 1.807) is 0 Å². The summed E-state index contributed by atoms with van der Waals surface area (Å²) < 4.78 is 0. The summed E-state index contributed by atoms with van der Waals surface area (Å²) in [5.74, 6) is 2.02. The predicted octanol–water partition coefficient (Wildman–Crippen LogP) is 7.71. The van der Waals surface area contributed by atoms with Crippen LogP contribution in [0.5, 0.6) is 0 Å². The van der Waals surface area contributed by atoms with Gasteiger partial charge in [-0.3, -0.25) is 19.8 Å². The highest BCUT2D eigenvalue weighted by Crippen LogP contribution is 2.33. The van der Waals surface area contributed by atoms with Gasteiger partial charge in [0.2, 0.25) is 0 Å². The number of imidazole rings is 2. The molecule has 0 amide bonds. The monoisotopic (exact) mass is 632 g/mol. The minimum Gasteiger partial charge on any atom is -0.341 e. The number of fused-ring (bicyclic) bond motifs is 4. The van der Waals surface area contributed by atoms with Crippen LogP contribution in [0.3, 0.4) is 0 Å². The summed E-state index contributed by atoms with van der Waals surface area (Å²) >= 11 is 0. The van der Waals surface area contributed by atoms with E-state index >= 15 is 0 Å². The molecule has 4 aromatic carbocycles. The Morgan fingerprint density at radius 3 is 1.42 bits per heavy atom. The van der Waals surface area contributed by atoms with Gasteiger partial charge in [-0.2, -0.15) is 0 Å². The van der Waals surface area contributed by atoms with E-state index in [1.165, 1.54) is 35.4 Å². The summed E-state index contributed by atoms with van der Waals surface area (Å²) in [6.45, 7) is 3.13. The van der Waals surface area contributed by atoms with Gasteiger partial charge < -0.3 is 9.97 Å². The number of aromatic nitrogens is 4. The quantitative estimate of drug-likeness (QED) is 0.162. The highest BCUT2D eigenvalue weighted by molar-refractivity contribution is 5.96. The molecule has 0 spiro atoms. The van der Waals surface area contributed by atoms with Gasteiger partial charge in [0.1, 0.15) is 11.6 Å². The first kappa shape index (κ1) is 29.2. The average molecular weight is 633 g/mol. The van der Waals surface area contributed by atoms with Crippen LogP contribution in [-0.2, 0) is 25.9 Å². The lowest BCUT2D eigenvalue weighted by Crippen LogP contribution is -2.55. The lowest BCUT2D eigenvalue weighted by molar-refractivity contribution is 0.0535. The Morgan fingerprint density at radius 1 is 0.521 bits per heavy atom. The molecule has 1 aliphatic carbocycles. The highest BCUT2D eigenvalue weighted by atomic mass is 15.3. The van der Waals surface area contributed by atoms with Crippen LogP contribution in [0, 0.1) is 0 Å². The van der Waals surface area contributed by atoms with E-state index in [1.807, 2.05) is 0 Å². The van der Waals surface area contributed by atoms with Gasteiger partial charge in [-0.25, -0.2) is 9.97 Å². The minimum absolute atomic E-state index is 0.326. The highest BCUT2D eigenvalue weighted by Gasteiger charge is 2.37. The second kappa shape index (κ2) is 12.6. The Hall–Kier alpha value is -4.92. The normalized spacial score (nSPS) is 18.9. The fourth-order valence-electron chi connectivity index (χ4n) is 8.12. The number of rotatable bonds is 10. The average Bonchev–Trinajstić information content (AvgIpc) is 3.91. The zero-order chi connectivity index (χ0) is 31.9. The van der Waals surface area contributed by atoms with E-state index in [4.69, 9.17) is 20.0 Å². The number of hydrogen-bond acceptors (Lipinski definition) is 6. The summed E-state index contributed by atoms with van der Waals surface area (Å²) in [6, 6.07) is 34.5. The lowest BCUT2D eigenvalue weighted by atomic mass is 9.87. The molecule has 2 aliphatic heterocycles. The molecule has 2 atom stereocenters. The molecule has 9 rings (SSSR count). The van der Waals surface area contributed by atoms with Crippen molar-refractivity contribution in [1.82, 2.24) is 29.7 Å². The first-order valence-electron chi connectivity index (χ1n) is 17.4. The second-order valence-electron chi connectivity index (χ2n) is 13.6. The van der Waals surface area contributed by atoms with Crippen LogP contribution in [-0.4, -0.2) is 66.3 Å². The summed E-state index contributed by atoms with van der Waals surface area (Å²) in [6.07, 6.45) is 6.51. The number of hydrogen-bond donors (Lipinski definition) is 2. The van der Waals surface area contributed by atoms with E-state index in [0.29, 0.717) is 12.1 Å². The molecule has 0 unspecified atom stereocenters. The molecule has 1 fully saturated rings. The molecule has 1 saturated carbocycles. The molecular formula is C40H40N8. The van der Waals surface area contributed by atoms with Crippen molar-refractivity contribution in [2.75, 3.05) is 13.1 Å². The molecule has 0 radical (unpaired) electrons. The lowest BCUT2D eigenvalue weighted by Gasteiger charge is -2.45. The third-order valence-electron chi connectivity index (χ3n) is 10.3. The van der Waals surface area contributed by atoms with Crippen molar-refractivity contribution in [3.05, 3.63) is 120 Å². The van der Waals surface area contributed by atoms with Gasteiger partial charge >= 0.3 is 0 Å². The molecule has 8 nitrogen and oxygen atoms in total. The van der Waals surface area contributed by atoms with Crippen LogP contribution in [0.2, 0.25) is 0 Å². The van der Waals surface area contributed by atoms with E-state index in [2.05, 4.69) is 117 Å². The van der Waals surface area contributed by atoms with E-state index in [0.717, 1.165) is 97.0 Å². The number of nitrogens with one attached hydrogen (secondary N) is 2. The Kier molecular flexibility index (Phi) is 7.67. The van der Waals surface area contributed by atoms with Gasteiger partial charge in [-0.05, 0) is 60.4 Å². The van der Waals surface area contributed by atoms with Gasteiger partial charge in [-0.15, -0.1) is 0 Å². The Labute approximate surface area is 280 Å². The van der Waals surface area contributed by atoms with Crippen molar-refractivity contribution in [1.29, 1.82) is 0 Å². The molecule has 6 aromatic rings. The zero-order valence-electron chi connectivity index (χ0n) is 27.1. The van der Waals surface area contributed by atoms with Crippen molar-refractivity contribution in [3.8, 4) is 0 Å². The number of H-pyrrole nitrogens is 2. The number of para-hydroxylation sites is 6. The maximum atomic E-state index is 5.14. The summed E-state index contributed by atoms with van der Waals surface area (Å²) in [7, 11) is 0. The Balaban J connectivity index is 1.06. The van der Waals surface area contributed by atoms with Crippen LogP contribution >= 0.6 is 0 Å². The predicted molar refractivity (Wildman–Crippen MR) is 194 cm³/mol. The first-order valence-corrected chi connectivity index (χ1v) is 17.4. The van der Waals surface area contributed by atoms with Gasteiger partial charge in [0.15, 0.2) is 0 Å². The smallest absolute Gasteiger partial charge is 0.121 e. The van der Waals surface area contributed by atoms with Crippen molar-refractivity contribution in [2.45, 2.75) is 63.7 Å². The summed E-state index contributed by atoms with van der Waals surface area (Å²) in [4.78, 5) is 33.0. The standard InChI is InChI=1S/C40H40N8/c1-3-13-31-27(11-1)21-29(41-31)23-47(25-39-43-33-15-5-6-16-34(33)44-39)37-19-9-10-20-38(37)48(24-30-22-28-12-2-4-14-32(28)42-30)26-40-45-35-17-7-8-18-36(35)46-40/h1-8,11-18,37-38H,9-10,19-26H2,(H,43,44)(H,45,46)/t37-,38-/m0/s1. The van der Waals surface area contributed by atoms with Gasteiger partial charge in [0.05, 0.1) is 46.5 Å². The topological polar surface area (TPSA) is 88.6 Å². The second-order valence-corrected chi connectivity index (χ2v) is 13.6. The maximum Gasteiger partial charge on any atom is 0.121 e. The number of nitrogens with zero attached hydrogens (tertiary/aromatic N) is 6. The molecule has 8 heteroatoms. The van der Waals surface area contributed by atoms with Crippen molar-refractivity contribution in [2.24, 2.45) is 9.98 Å². The number of benzene rings is 4. The third kappa shape index (κ3) is 5.86. The van der Waals surface area contributed by atoms with Crippen molar-refractivity contribution < 1.29 is 0 Å². The minimum atomic E-state index is 0.326. The molecule has 2 aromatic heterocycles. The van der Waals surface area contributed by atoms with Crippen LogP contribution in [0.4, 0.5) is 11.4 Å². The largest absolute Gasteiger partial charge is 0.341 e. The Morgan fingerprint density at radius 2 is 0.958 bits per heavy atom. The van der Waals surface area contributed by atoms with Crippen LogP contribution in [0.15, 0.2) is 107 Å². The molecule has 0 bridgehead atoms. The molecule has 0 saturated heterocycles. The van der Waals surface area contributed by atoms with Gasteiger partial charge in [-0.1, -0.05) is 73.5 Å². The van der Waals surface area contributed by atoms with E-state index < -0.39 is 0 Å². The van der Waals surface area contributed by atoms with E-state index in [9.17, 15) is 0 Å². The first-order chi connectivity index (χ1) is 23.7. The summed E-state index contributed by atoms with van der Waals surface area (Å²) in [5.41, 5.74) is 11.5. The maximum absolute atomic E-state index is 5.14. The number of aliphatic imine (C=N–C) groups is 2. The summed E-state index contributed by atoms with van der Waals surface area (Å²) in [5, 5.41) is 0. The molecule has 2 N–H and O–H groups in total. The Bertz CT molecular complexity index is 1940.